The van der Waals surface area contributed by atoms with Gasteiger partial charge in [0.25, 0.3) is 0 Å². The summed E-state index contributed by atoms with van der Waals surface area (Å²) in [5.74, 6) is 0. The Labute approximate surface area is 88.6 Å². The molecule has 0 saturated carbocycles. The van der Waals surface area contributed by atoms with Crippen molar-refractivity contribution in [3.05, 3.63) is 41.8 Å². The summed E-state index contributed by atoms with van der Waals surface area (Å²) in [5, 5.41) is 0. The molecule has 0 amide bonds. The number of hydrogen-bond donors (Lipinski definition) is 0. The average Bonchev–Trinajstić information content (AvgIpc) is 1.82. The van der Waals surface area contributed by atoms with Crippen LogP contribution in [0.3, 0.4) is 0 Å². The fraction of sp³-hybridized carbons (Fsp3) is 0.364. The van der Waals surface area contributed by atoms with Crippen LogP contribution < -0.4 is 18.9 Å². The van der Waals surface area contributed by atoms with Crippen molar-refractivity contribution < 1.29 is 18.9 Å². The van der Waals surface area contributed by atoms with Gasteiger partial charge in [-0.2, -0.15) is 0 Å². The van der Waals surface area contributed by atoms with Crippen molar-refractivity contribution in [3.63, 3.8) is 0 Å². The Kier molecular flexibility index (Phi) is 6.53. The molecule has 1 heteroatoms. The van der Waals surface area contributed by atoms with Gasteiger partial charge in [0.1, 0.15) is 0 Å². The predicted molar refractivity (Wildman–Crippen MR) is 51.8 cm³/mol. The maximum Gasteiger partial charge on any atom is 1.00 e. The Morgan fingerprint density at radius 2 is 1.17 bits per heavy atom. The van der Waals surface area contributed by atoms with E-state index in [1.54, 1.807) is 0 Å². The summed E-state index contributed by atoms with van der Waals surface area (Å²) < 4.78 is 0. The van der Waals surface area contributed by atoms with Gasteiger partial charge in [-0.1, -0.05) is 17.7 Å². The van der Waals surface area contributed by atoms with Gasteiger partial charge in [-0.05, 0) is 44.4 Å². The van der Waals surface area contributed by atoms with E-state index >= 15 is 0 Å². The summed E-state index contributed by atoms with van der Waals surface area (Å²) in [4.78, 5) is 0. The minimum atomic E-state index is 0. The summed E-state index contributed by atoms with van der Waals surface area (Å²) in [6.07, 6.45) is 0. The molecule has 1 aromatic carbocycles. The van der Waals surface area contributed by atoms with Gasteiger partial charge < -0.3 is 7.43 Å². The van der Waals surface area contributed by atoms with Crippen molar-refractivity contribution in [1.29, 1.82) is 0 Å². The second-order valence-corrected chi connectivity index (χ2v) is 3.02. The molecule has 0 heterocycles. The Morgan fingerprint density at radius 3 is 1.50 bits per heavy atom. The van der Waals surface area contributed by atoms with Crippen LogP contribution in [-0.2, 0) is 0 Å². The number of rotatable bonds is 0. The van der Waals surface area contributed by atoms with E-state index in [1.165, 1.54) is 22.3 Å². The molecular weight excluding hydrogens is 139 g/mol. The Morgan fingerprint density at radius 1 is 0.833 bits per heavy atom. The van der Waals surface area contributed by atoms with Crippen LogP contribution in [0.5, 0.6) is 0 Å². The maximum atomic E-state index is 2.22. The first-order chi connectivity index (χ1) is 4.61. The van der Waals surface area contributed by atoms with Crippen molar-refractivity contribution >= 4 is 0 Å². The van der Waals surface area contributed by atoms with Gasteiger partial charge in [0.2, 0.25) is 0 Å². The van der Waals surface area contributed by atoms with Crippen LogP contribution >= 0.6 is 0 Å². The average molecular weight is 156 g/mol. The fourth-order valence-electron chi connectivity index (χ4n) is 1.25. The second kappa shape index (κ2) is 5.46. The second-order valence-electron chi connectivity index (χ2n) is 3.02. The molecule has 0 fully saturated rings. The topological polar surface area (TPSA) is 0 Å². The molecule has 0 aliphatic carbocycles. The zero-order valence-corrected chi connectivity index (χ0v) is 9.15. The molecule has 0 bridgehead atoms. The summed E-state index contributed by atoms with van der Waals surface area (Å²) in [7, 11) is 0. The van der Waals surface area contributed by atoms with Gasteiger partial charge in [0, 0.05) is 0 Å². The normalized spacial score (nSPS) is 8.33. The van der Waals surface area contributed by atoms with Crippen LogP contribution in [0.2, 0.25) is 0 Å². The molecule has 1 rings (SSSR count). The van der Waals surface area contributed by atoms with Crippen molar-refractivity contribution in [2.45, 2.75) is 27.7 Å². The third kappa shape index (κ3) is 3.05. The van der Waals surface area contributed by atoms with E-state index in [-0.39, 0.29) is 26.3 Å². The van der Waals surface area contributed by atoms with E-state index in [4.69, 9.17) is 0 Å². The molecule has 0 unspecified atom stereocenters. The van der Waals surface area contributed by atoms with Crippen molar-refractivity contribution in [2.75, 3.05) is 0 Å². The summed E-state index contributed by atoms with van der Waals surface area (Å²) in [5.41, 5.74) is 5.58. The molecule has 0 nitrogen and oxygen atoms in total. The molecule has 0 saturated heterocycles. The van der Waals surface area contributed by atoms with Gasteiger partial charge in [-0.3, -0.25) is 0 Å². The number of hydrogen-bond acceptors (Lipinski definition) is 0. The Bertz CT molecular complexity index is 228. The predicted octanol–water partition coefficient (Wildman–Crippen LogP) is 0.375. The van der Waals surface area contributed by atoms with Crippen LogP contribution in [0.15, 0.2) is 12.1 Å². The SMILES string of the molecule is Cc1cc(C)c(C)c(C)c1.[CH3-].[Li+]. The van der Waals surface area contributed by atoms with E-state index in [0.29, 0.717) is 0 Å². The summed E-state index contributed by atoms with van der Waals surface area (Å²) in [6.45, 7) is 8.63. The molecule has 0 aromatic heterocycles. The summed E-state index contributed by atoms with van der Waals surface area (Å²) >= 11 is 0. The molecule has 0 atom stereocenters. The molecule has 62 valence electrons. The minimum absolute atomic E-state index is 0. The zero-order valence-electron chi connectivity index (χ0n) is 9.15. The number of benzene rings is 1. The molecule has 0 aliphatic rings. The summed E-state index contributed by atoms with van der Waals surface area (Å²) in [6, 6.07) is 4.45. The molecule has 0 spiro atoms. The molecule has 1 aromatic rings. The molecule has 0 radical (unpaired) electrons. The maximum absolute atomic E-state index is 2.22. The largest absolute Gasteiger partial charge is 1.00 e. The van der Waals surface area contributed by atoms with Gasteiger partial charge in [0.15, 0.2) is 0 Å². The monoisotopic (exact) mass is 156 g/mol. The fourth-order valence-corrected chi connectivity index (χ4v) is 1.25. The smallest absolute Gasteiger partial charge is 0.358 e. The van der Waals surface area contributed by atoms with Crippen LogP contribution in [-0.4, -0.2) is 0 Å². The standard InChI is InChI=1S/C10H14.CH3.Li/c1-7-5-8(2)10(4)9(3)6-7;;/h5-6H,1-4H3;1H3;/q;-1;+1. The number of aryl methyl sites for hydroxylation is 3. The third-order valence-corrected chi connectivity index (χ3v) is 2.07. The van der Waals surface area contributed by atoms with Crippen LogP contribution in [0.4, 0.5) is 0 Å². The minimum Gasteiger partial charge on any atom is -0.358 e. The molecule has 12 heavy (non-hydrogen) atoms. The van der Waals surface area contributed by atoms with Gasteiger partial charge in [-0.15, -0.1) is 0 Å². The van der Waals surface area contributed by atoms with Crippen LogP contribution in [0, 0.1) is 35.1 Å². The Hall–Kier alpha value is -0.183. The molecular formula is C11H17Li. The van der Waals surface area contributed by atoms with Crippen molar-refractivity contribution in [2.24, 2.45) is 0 Å². The van der Waals surface area contributed by atoms with E-state index in [1.807, 2.05) is 0 Å². The quantitative estimate of drug-likeness (QED) is 0.376. The van der Waals surface area contributed by atoms with Crippen LogP contribution in [0.1, 0.15) is 22.3 Å². The Balaban J connectivity index is 0. The van der Waals surface area contributed by atoms with E-state index in [2.05, 4.69) is 39.8 Å². The molecule has 0 N–H and O–H groups in total. The van der Waals surface area contributed by atoms with E-state index in [9.17, 15) is 0 Å². The van der Waals surface area contributed by atoms with Gasteiger partial charge >= 0.3 is 18.9 Å². The molecule has 0 aliphatic heterocycles. The van der Waals surface area contributed by atoms with Gasteiger partial charge in [-0.25, -0.2) is 0 Å². The van der Waals surface area contributed by atoms with Gasteiger partial charge in [0.05, 0.1) is 0 Å². The van der Waals surface area contributed by atoms with Crippen LogP contribution in [0.25, 0.3) is 0 Å². The van der Waals surface area contributed by atoms with E-state index < -0.39 is 0 Å². The third-order valence-electron chi connectivity index (χ3n) is 2.07. The van der Waals surface area contributed by atoms with E-state index in [0.717, 1.165) is 0 Å². The van der Waals surface area contributed by atoms with Crippen molar-refractivity contribution in [3.8, 4) is 0 Å². The first-order valence-electron chi connectivity index (χ1n) is 3.65. The zero-order chi connectivity index (χ0) is 7.72. The first kappa shape index (κ1) is 14.3. The van der Waals surface area contributed by atoms with Crippen molar-refractivity contribution in [1.82, 2.24) is 0 Å². The first-order valence-corrected chi connectivity index (χ1v) is 3.65.